The van der Waals surface area contributed by atoms with Crippen LogP contribution in [-0.2, 0) is 15.6 Å². The van der Waals surface area contributed by atoms with Gasteiger partial charge in [-0.05, 0) is 35.9 Å². The molecule has 0 fully saturated rings. The van der Waals surface area contributed by atoms with Gasteiger partial charge in [0.25, 0.3) is 5.91 Å². The molecule has 0 aliphatic carbocycles. The van der Waals surface area contributed by atoms with Gasteiger partial charge in [-0.25, -0.2) is 12.8 Å². The van der Waals surface area contributed by atoms with Gasteiger partial charge in [0, 0.05) is 23.6 Å². The summed E-state index contributed by atoms with van der Waals surface area (Å²) in [5, 5.41) is 2.77. The summed E-state index contributed by atoms with van der Waals surface area (Å²) in [5.41, 5.74) is 1.06. The van der Waals surface area contributed by atoms with Crippen LogP contribution >= 0.6 is 11.8 Å². The number of sulfone groups is 1. The second-order valence-electron chi connectivity index (χ2n) is 5.33. The van der Waals surface area contributed by atoms with Crippen LogP contribution in [0.25, 0.3) is 0 Å². The molecule has 2 aromatic rings. The summed E-state index contributed by atoms with van der Waals surface area (Å²) in [6.45, 7) is 2.03. The van der Waals surface area contributed by atoms with Gasteiger partial charge in [-0.15, -0.1) is 0 Å². The number of carbonyl (C=O) groups is 1. The number of amides is 1. The fourth-order valence-electron chi connectivity index (χ4n) is 2.12. The highest BCUT2D eigenvalue weighted by atomic mass is 32.2. The van der Waals surface area contributed by atoms with Crippen LogP contribution in [0.15, 0.2) is 53.4 Å². The van der Waals surface area contributed by atoms with Gasteiger partial charge in [-0.1, -0.05) is 25.1 Å². The van der Waals surface area contributed by atoms with Gasteiger partial charge in [0.15, 0.2) is 9.84 Å². The molecule has 134 valence electrons. The minimum Gasteiger partial charge on any atom is -0.351 e. The first-order valence-corrected chi connectivity index (χ1v) is 10.7. The van der Waals surface area contributed by atoms with Crippen LogP contribution < -0.4 is 5.32 Å². The van der Waals surface area contributed by atoms with Gasteiger partial charge in [0.1, 0.15) is 5.82 Å². The van der Waals surface area contributed by atoms with Crippen LogP contribution in [0, 0.1) is 5.82 Å². The zero-order chi connectivity index (χ0) is 18.3. The molecule has 7 heteroatoms. The van der Waals surface area contributed by atoms with Gasteiger partial charge in [0.2, 0.25) is 0 Å². The molecular weight excluding hydrogens is 361 g/mol. The Hall–Kier alpha value is -1.86. The Balaban J connectivity index is 1.78. The maximum absolute atomic E-state index is 13.5. The van der Waals surface area contributed by atoms with Crippen molar-refractivity contribution in [3.8, 4) is 0 Å². The molecule has 1 amide bonds. The van der Waals surface area contributed by atoms with E-state index in [0.717, 1.165) is 0 Å². The van der Waals surface area contributed by atoms with Crippen LogP contribution in [0.4, 0.5) is 4.39 Å². The lowest BCUT2D eigenvalue weighted by Gasteiger charge is -2.07. The zero-order valence-corrected chi connectivity index (χ0v) is 15.5. The number of halogens is 1. The zero-order valence-electron chi connectivity index (χ0n) is 13.9. The Morgan fingerprint density at radius 2 is 1.80 bits per heavy atom. The van der Waals surface area contributed by atoms with Crippen molar-refractivity contribution in [3.63, 3.8) is 0 Å². The van der Waals surface area contributed by atoms with E-state index in [1.54, 1.807) is 25.1 Å². The highest BCUT2D eigenvalue weighted by Crippen LogP contribution is 2.15. The summed E-state index contributed by atoms with van der Waals surface area (Å²) in [6, 6.07) is 12.5. The second-order valence-corrected chi connectivity index (χ2v) is 8.71. The molecule has 1 N–H and O–H groups in total. The molecule has 0 saturated heterocycles. The van der Waals surface area contributed by atoms with Crippen molar-refractivity contribution in [2.45, 2.75) is 17.6 Å². The van der Waals surface area contributed by atoms with Gasteiger partial charge >= 0.3 is 0 Å². The molecule has 0 atom stereocenters. The van der Waals surface area contributed by atoms with E-state index < -0.39 is 9.84 Å². The molecular formula is C18H20FNO3S2. The monoisotopic (exact) mass is 381 g/mol. The maximum atomic E-state index is 13.5. The first-order chi connectivity index (χ1) is 11.9. The third kappa shape index (κ3) is 5.57. The molecule has 0 unspecified atom stereocenters. The predicted octanol–water partition coefficient (Wildman–Crippen LogP) is 3.28. The van der Waals surface area contributed by atoms with E-state index in [9.17, 15) is 17.6 Å². The number of rotatable bonds is 8. The molecule has 0 aromatic heterocycles. The first kappa shape index (κ1) is 19.5. The van der Waals surface area contributed by atoms with Gasteiger partial charge in [-0.3, -0.25) is 4.79 Å². The molecule has 0 radical (unpaired) electrons. The maximum Gasteiger partial charge on any atom is 0.251 e. The highest BCUT2D eigenvalue weighted by Gasteiger charge is 2.12. The van der Waals surface area contributed by atoms with E-state index in [-0.39, 0.29) is 22.4 Å². The van der Waals surface area contributed by atoms with Crippen molar-refractivity contribution >= 4 is 27.5 Å². The third-order valence-corrected chi connectivity index (χ3v) is 6.36. The van der Waals surface area contributed by atoms with E-state index in [4.69, 9.17) is 0 Å². The summed E-state index contributed by atoms with van der Waals surface area (Å²) in [5.74, 6) is 0.750. The Morgan fingerprint density at radius 3 is 2.44 bits per heavy atom. The molecule has 0 heterocycles. The summed E-state index contributed by atoms with van der Waals surface area (Å²) in [7, 11) is -3.26. The van der Waals surface area contributed by atoms with E-state index in [2.05, 4.69) is 5.32 Å². The van der Waals surface area contributed by atoms with E-state index in [0.29, 0.717) is 29.2 Å². The lowest BCUT2D eigenvalue weighted by Crippen LogP contribution is -2.25. The SMILES string of the molecule is CCS(=O)(=O)c1ccc(C(=O)NCCSCc2ccccc2F)cc1. The van der Waals surface area contributed by atoms with Crippen molar-refractivity contribution < 1.29 is 17.6 Å². The van der Waals surface area contributed by atoms with Crippen molar-refractivity contribution in [1.29, 1.82) is 0 Å². The van der Waals surface area contributed by atoms with Crippen LogP contribution in [0.3, 0.4) is 0 Å². The van der Waals surface area contributed by atoms with Crippen LogP contribution in [0.5, 0.6) is 0 Å². The lowest BCUT2D eigenvalue weighted by molar-refractivity contribution is 0.0956. The molecule has 0 bridgehead atoms. The summed E-state index contributed by atoms with van der Waals surface area (Å²) in [4.78, 5) is 12.2. The van der Waals surface area contributed by atoms with E-state index in [1.165, 1.54) is 42.1 Å². The molecule has 4 nitrogen and oxygen atoms in total. The number of carbonyl (C=O) groups excluding carboxylic acids is 1. The number of hydrogen-bond donors (Lipinski definition) is 1. The Kier molecular flexibility index (Phi) is 7.01. The minimum atomic E-state index is -3.26. The van der Waals surface area contributed by atoms with Gasteiger partial charge < -0.3 is 5.32 Å². The number of benzene rings is 2. The fraction of sp³-hybridized carbons (Fsp3) is 0.278. The Morgan fingerprint density at radius 1 is 1.12 bits per heavy atom. The Labute approximate surface area is 151 Å². The number of thioether (sulfide) groups is 1. The van der Waals surface area contributed by atoms with E-state index in [1.807, 2.05) is 0 Å². The second kappa shape index (κ2) is 9.01. The standard InChI is InChI=1S/C18H20FNO3S2/c1-2-25(22,23)16-9-7-14(8-10-16)18(21)20-11-12-24-13-15-5-3-4-6-17(15)19/h3-10H,2,11-13H2,1H3,(H,20,21). The van der Waals surface area contributed by atoms with Crippen molar-refractivity contribution in [3.05, 3.63) is 65.5 Å². The molecule has 2 aromatic carbocycles. The molecule has 0 spiro atoms. The summed E-state index contributed by atoms with van der Waals surface area (Å²) < 4.78 is 36.9. The largest absolute Gasteiger partial charge is 0.351 e. The fourth-order valence-corrected chi connectivity index (χ4v) is 3.85. The minimum absolute atomic E-state index is 0.0256. The Bertz CT molecular complexity index is 820. The normalized spacial score (nSPS) is 11.3. The molecule has 0 aliphatic rings. The summed E-state index contributed by atoms with van der Waals surface area (Å²) >= 11 is 1.53. The van der Waals surface area contributed by atoms with Gasteiger partial charge in [-0.2, -0.15) is 11.8 Å². The van der Waals surface area contributed by atoms with Crippen LogP contribution in [-0.4, -0.2) is 32.4 Å². The molecule has 0 saturated carbocycles. The predicted molar refractivity (Wildman–Crippen MR) is 99.1 cm³/mol. The van der Waals surface area contributed by atoms with Crippen molar-refractivity contribution in [2.24, 2.45) is 0 Å². The van der Waals surface area contributed by atoms with Crippen LogP contribution in [0.2, 0.25) is 0 Å². The quantitative estimate of drug-likeness (QED) is 0.713. The smallest absolute Gasteiger partial charge is 0.251 e. The van der Waals surface area contributed by atoms with Crippen LogP contribution in [0.1, 0.15) is 22.8 Å². The number of hydrogen-bond acceptors (Lipinski definition) is 4. The van der Waals surface area contributed by atoms with Crippen molar-refractivity contribution in [2.75, 3.05) is 18.1 Å². The topological polar surface area (TPSA) is 63.2 Å². The average Bonchev–Trinajstić information content (AvgIpc) is 2.63. The highest BCUT2D eigenvalue weighted by molar-refractivity contribution is 7.98. The average molecular weight is 381 g/mol. The van der Waals surface area contributed by atoms with E-state index >= 15 is 0 Å². The molecule has 25 heavy (non-hydrogen) atoms. The third-order valence-electron chi connectivity index (χ3n) is 3.60. The van der Waals surface area contributed by atoms with Crippen molar-refractivity contribution in [1.82, 2.24) is 5.32 Å². The summed E-state index contributed by atoms with van der Waals surface area (Å²) in [6.07, 6.45) is 0. The molecule has 2 rings (SSSR count). The molecule has 0 aliphatic heterocycles. The van der Waals surface area contributed by atoms with Gasteiger partial charge in [0.05, 0.1) is 10.6 Å². The lowest BCUT2D eigenvalue weighted by atomic mass is 10.2. The number of nitrogens with one attached hydrogen (secondary N) is 1. The first-order valence-electron chi connectivity index (χ1n) is 7.86.